The van der Waals surface area contributed by atoms with E-state index in [0.29, 0.717) is 36.9 Å². The van der Waals surface area contributed by atoms with Crippen LogP contribution in [0, 0.1) is 28.6 Å². The molecular formula is C41H64ClNO13. The number of carboxylic acids is 2. The molecule has 0 radical (unpaired) electrons. The van der Waals surface area contributed by atoms with Gasteiger partial charge < -0.3 is 51.6 Å². The first-order valence-electron chi connectivity index (χ1n) is 18.8. The summed E-state index contributed by atoms with van der Waals surface area (Å²) in [5.74, 6) is -2.59. The Morgan fingerprint density at radius 3 is 2.07 bits per heavy atom. The normalized spacial score (nSPS) is 31.8. The van der Waals surface area contributed by atoms with Crippen LogP contribution in [0.2, 0.25) is 0 Å². The highest BCUT2D eigenvalue weighted by atomic mass is 35.5. The van der Waals surface area contributed by atoms with Crippen LogP contribution in [0.3, 0.4) is 0 Å². The topological polar surface area (TPSA) is 274 Å². The number of halogens is 1. The lowest BCUT2D eigenvalue weighted by Crippen LogP contribution is -2.69. The third-order valence-electron chi connectivity index (χ3n) is 11.9. The minimum Gasteiger partial charge on any atom is -0.508 e. The van der Waals surface area contributed by atoms with E-state index in [0.717, 1.165) is 5.57 Å². The molecule has 0 bridgehead atoms. The lowest BCUT2D eigenvalue weighted by Gasteiger charge is -2.63. The summed E-state index contributed by atoms with van der Waals surface area (Å²) in [5, 5.41) is 79.4. The smallest absolute Gasteiger partial charge is 0.303 e. The number of carbonyl (C=O) groups excluding carboxylic acids is 2. The van der Waals surface area contributed by atoms with E-state index in [9.17, 15) is 44.7 Å². The molecule has 3 saturated carbocycles. The molecule has 318 valence electrons. The van der Waals surface area contributed by atoms with E-state index >= 15 is 0 Å². The number of ketones is 2. The Hall–Kier alpha value is -3.21. The summed E-state index contributed by atoms with van der Waals surface area (Å²) in [6.07, 6.45) is 6.01. The zero-order valence-corrected chi connectivity index (χ0v) is 34.6. The first-order chi connectivity index (χ1) is 25.3. The molecule has 3 fully saturated rings. The van der Waals surface area contributed by atoms with E-state index in [1.54, 1.807) is 32.1 Å². The summed E-state index contributed by atoms with van der Waals surface area (Å²) in [4.78, 5) is 42.2. The van der Waals surface area contributed by atoms with Gasteiger partial charge in [0.15, 0.2) is 11.6 Å². The minimum atomic E-state index is -1.68. The van der Waals surface area contributed by atoms with E-state index in [-0.39, 0.29) is 66.2 Å². The minimum absolute atomic E-state index is 0. The molecule has 0 saturated heterocycles. The van der Waals surface area contributed by atoms with Gasteiger partial charge in [0.25, 0.3) is 0 Å². The molecule has 0 aliphatic heterocycles. The summed E-state index contributed by atoms with van der Waals surface area (Å²) in [5.41, 5.74) is -1.20. The Balaban J connectivity index is 0.000000476. The van der Waals surface area contributed by atoms with E-state index in [2.05, 4.69) is 5.32 Å². The number of Topliss-reactive ketones (excluding diaryl/α,β-unsaturated/α-hetero) is 1. The van der Waals surface area contributed by atoms with Gasteiger partial charge in [-0.2, -0.15) is 0 Å². The van der Waals surface area contributed by atoms with Gasteiger partial charge in [-0.1, -0.05) is 52.3 Å². The van der Waals surface area contributed by atoms with Gasteiger partial charge in [0.2, 0.25) is 0 Å². The average Bonchev–Trinajstić information content (AvgIpc) is 3.32. The van der Waals surface area contributed by atoms with Crippen molar-refractivity contribution in [2.75, 3.05) is 13.2 Å². The maximum Gasteiger partial charge on any atom is 0.303 e. The number of allylic oxidation sites excluding steroid dienone is 4. The van der Waals surface area contributed by atoms with Gasteiger partial charge in [-0.05, 0) is 94.1 Å². The van der Waals surface area contributed by atoms with E-state index in [1.807, 2.05) is 47.6 Å². The predicted octanol–water partition coefficient (Wildman–Crippen LogP) is 3.61. The molecule has 5 rings (SSSR count). The van der Waals surface area contributed by atoms with Crippen molar-refractivity contribution in [2.24, 2.45) is 28.6 Å². The number of carboxylic acid groups (broad SMARTS) is 2. The Labute approximate surface area is 334 Å². The molecule has 0 aromatic heterocycles. The third-order valence-corrected chi connectivity index (χ3v) is 12.8. The van der Waals surface area contributed by atoms with Gasteiger partial charge in [0.1, 0.15) is 18.0 Å². The van der Waals surface area contributed by atoms with E-state index in [4.69, 9.17) is 26.9 Å². The number of β-amino-alcohol motifs (C(OH)–C–C–N with tert-alkyl or cyclic N) is 1. The number of phenols is 1. The summed E-state index contributed by atoms with van der Waals surface area (Å²) >= 11 is 7.30. The van der Waals surface area contributed by atoms with Gasteiger partial charge in [0.05, 0.1) is 23.7 Å². The van der Waals surface area contributed by atoms with Crippen LogP contribution in [0.4, 0.5) is 0 Å². The van der Waals surface area contributed by atoms with Crippen molar-refractivity contribution in [3.63, 3.8) is 0 Å². The largest absolute Gasteiger partial charge is 0.508 e. The van der Waals surface area contributed by atoms with Crippen LogP contribution in [0.1, 0.15) is 111 Å². The van der Waals surface area contributed by atoms with Crippen LogP contribution in [-0.2, 0) is 25.8 Å². The van der Waals surface area contributed by atoms with Gasteiger partial charge in [0, 0.05) is 41.3 Å². The number of aliphatic hydroxyl groups excluding tert-OH is 4. The molecule has 0 spiro atoms. The SMILES string of the molecule is CC(C)(C)NCC(O)c1ccc(O)c(CO)c1.CCC(=O)O.CCC(=O)O.C[C@H]1C[C@H]2[C@@H]3CCC4=CC(=O)C=C[C@]4(C)[C@@]3(Cl)[C@@H](O)C[C@]2(C)[C@@]1(O)C(=O)CO.O. The fourth-order valence-electron chi connectivity index (χ4n) is 8.72. The number of aromatic hydroxyl groups is 1. The Morgan fingerprint density at radius 2 is 1.59 bits per heavy atom. The van der Waals surface area contributed by atoms with Crippen molar-refractivity contribution in [3.05, 3.63) is 53.1 Å². The van der Waals surface area contributed by atoms with Gasteiger partial charge >= 0.3 is 11.9 Å². The molecule has 14 nitrogen and oxygen atoms in total. The van der Waals surface area contributed by atoms with Crippen molar-refractivity contribution in [1.82, 2.24) is 5.32 Å². The molecule has 56 heavy (non-hydrogen) atoms. The van der Waals surface area contributed by atoms with Crippen LogP contribution >= 0.6 is 11.6 Å². The first kappa shape index (κ1) is 50.8. The number of carbonyl (C=O) groups is 4. The number of alkyl halides is 1. The van der Waals surface area contributed by atoms with Crippen LogP contribution in [0.5, 0.6) is 5.75 Å². The Kier molecular flexibility index (Phi) is 18.1. The standard InChI is InChI=1S/C22H29ClO5.C13H21NO3.2C3H6O2.H2O/c1-12-8-16-15-5-4-13-9-14(25)6-7-19(13,2)21(15,23)17(26)10-20(16,3)22(12,28)18(27)11-24;1-13(2,3)14-7-12(17)9-4-5-11(16)10(6-9)8-15;2*1-2-3(4)5;/h6-7,9,12,15-17,24,26,28H,4-5,8,10-11H2,1-3H3;4-6,12,14-17H,7-8H2,1-3H3;2*2H2,1H3,(H,4,5);1H2/t12-,15-,16-,17-,19-,20-,21-,22-;;;;/m0..../s1. The summed E-state index contributed by atoms with van der Waals surface area (Å²) in [6, 6.07) is 4.76. The molecule has 11 N–H and O–H groups in total. The van der Waals surface area contributed by atoms with Crippen LogP contribution in [0.15, 0.2) is 42.0 Å². The highest BCUT2D eigenvalue weighted by Gasteiger charge is 2.74. The van der Waals surface area contributed by atoms with Gasteiger partial charge in [-0.3, -0.25) is 19.2 Å². The van der Waals surface area contributed by atoms with Crippen molar-refractivity contribution in [1.29, 1.82) is 0 Å². The number of aliphatic carboxylic acids is 2. The molecule has 0 amide bonds. The second kappa shape index (κ2) is 20.0. The molecule has 1 unspecified atom stereocenters. The first-order valence-corrected chi connectivity index (χ1v) is 19.2. The maximum atomic E-state index is 12.6. The van der Waals surface area contributed by atoms with Crippen molar-refractivity contribution in [3.8, 4) is 5.75 Å². The Bertz CT molecular complexity index is 1590. The predicted molar refractivity (Wildman–Crippen MR) is 211 cm³/mol. The number of benzene rings is 1. The molecule has 9 atom stereocenters. The maximum absolute atomic E-state index is 12.6. The number of hydrogen-bond donors (Lipinski definition) is 9. The number of fused-ring (bicyclic) bond motifs is 5. The number of hydrogen-bond acceptors (Lipinski definition) is 11. The van der Waals surface area contributed by atoms with Crippen LogP contribution < -0.4 is 5.32 Å². The summed E-state index contributed by atoms with van der Waals surface area (Å²) in [7, 11) is 0. The number of aliphatic hydroxyl groups is 5. The molecular weight excluding hydrogens is 750 g/mol. The summed E-state index contributed by atoms with van der Waals surface area (Å²) in [6.45, 7) is 14.4. The average molecular weight is 814 g/mol. The van der Waals surface area contributed by atoms with Crippen molar-refractivity contribution in [2.45, 2.75) is 129 Å². The third kappa shape index (κ3) is 10.4. The van der Waals surface area contributed by atoms with Crippen LogP contribution in [0.25, 0.3) is 0 Å². The molecule has 4 aliphatic carbocycles. The molecule has 1 aromatic carbocycles. The second-order valence-corrected chi connectivity index (χ2v) is 17.1. The number of rotatable bonds is 8. The fourth-order valence-corrected chi connectivity index (χ4v) is 9.24. The van der Waals surface area contributed by atoms with Crippen molar-refractivity contribution < 1.29 is 65.5 Å². The van der Waals surface area contributed by atoms with Gasteiger partial charge in [-0.15, -0.1) is 11.6 Å². The Morgan fingerprint density at radius 1 is 1.04 bits per heavy atom. The quantitative estimate of drug-likeness (QED) is 0.170. The summed E-state index contributed by atoms with van der Waals surface area (Å²) < 4.78 is 0. The molecule has 1 aromatic rings. The monoisotopic (exact) mass is 813 g/mol. The molecule has 4 aliphatic rings. The highest BCUT2D eigenvalue weighted by Crippen LogP contribution is 2.71. The zero-order valence-electron chi connectivity index (χ0n) is 33.8. The van der Waals surface area contributed by atoms with Gasteiger partial charge in [-0.25, -0.2) is 0 Å². The zero-order chi connectivity index (χ0) is 42.3. The lowest BCUT2D eigenvalue weighted by molar-refractivity contribution is -0.179. The van der Waals surface area contributed by atoms with Crippen LogP contribution in [-0.4, -0.2) is 105 Å². The molecule has 0 heterocycles. The highest BCUT2D eigenvalue weighted by molar-refractivity contribution is 6.26. The fraction of sp³-hybridized carbons (Fsp3) is 0.659. The second-order valence-electron chi connectivity index (χ2n) is 16.4. The van der Waals surface area contributed by atoms with E-state index in [1.165, 1.54) is 12.1 Å². The lowest BCUT2D eigenvalue weighted by atomic mass is 9.45. The van der Waals surface area contributed by atoms with E-state index < -0.39 is 57.8 Å². The van der Waals surface area contributed by atoms with Crippen molar-refractivity contribution >= 4 is 35.1 Å². The number of nitrogens with one attached hydrogen (secondary N) is 1. The molecule has 15 heteroatoms.